The summed E-state index contributed by atoms with van der Waals surface area (Å²) in [6.07, 6.45) is -0.616. The maximum atomic E-state index is 10.2. The fourth-order valence-corrected chi connectivity index (χ4v) is 3.23. The molecule has 2 N–H and O–H groups in total. The lowest BCUT2D eigenvalue weighted by atomic mass is 10.1. The molecule has 0 saturated carbocycles. The molecule has 7 heteroatoms. The maximum absolute atomic E-state index is 10.2. The van der Waals surface area contributed by atoms with Crippen LogP contribution in [-0.2, 0) is 0 Å². The van der Waals surface area contributed by atoms with E-state index >= 15 is 0 Å². The Kier molecular flexibility index (Phi) is 5.85. The highest BCUT2D eigenvalue weighted by molar-refractivity contribution is 6.30. The van der Waals surface area contributed by atoms with Gasteiger partial charge in [0.1, 0.15) is 29.4 Å². The average Bonchev–Trinajstić information content (AvgIpc) is 3.33. The van der Waals surface area contributed by atoms with Crippen molar-refractivity contribution >= 4 is 22.6 Å². The van der Waals surface area contributed by atoms with E-state index in [-0.39, 0.29) is 0 Å². The number of ether oxygens (including phenoxy) is 1. The summed E-state index contributed by atoms with van der Waals surface area (Å²) >= 11 is 5.95. The van der Waals surface area contributed by atoms with Crippen LogP contribution in [0.5, 0.6) is 5.75 Å². The third-order valence-electron chi connectivity index (χ3n) is 4.49. The second kappa shape index (κ2) is 8.69. The van der Waals surface area contributed by atoms with E-state index in [1.165, 1.54) is 0 Å². The van der Waals surface area contributed by atoms with Gasteiger partial charge < -0.3 is 24.1 Å². The van der Waals surface area contributed by atoms with Crippen molar-refractivity contribution in [1.82, 2.24) is 10.5 Å². The third kappa shape index (κ3) is 4.79. The van der Waals surface area contributed by atoms with E-state index in [1.54, 1.807) is 12.1 Å². The lowest BCUT2D eigenvalue weighted by Gasteiger charge is -2.13. The van der Waals surface area contributed by atoms with Gasteiger partial charge in [0.25, 0.3) is 0 Å². The molecule has 0 radical (unpaired) electrons. The normalized spacial score (nSPS) is 12.4. The molecular formula is C22H21ClN2O4. The van der Waals surface area contributed by atoms with Crippen molar-refractivity contribution in [2.45, 2.75) is 13.0 Å². The third-order valence-corrected chi connectivity index (χ3v) is 4.72. The van der Waals surface area contributed by atoms with E-state index in [0.717, 1.165) is 28.0 Å². The number of aryl methyl sites for hydroxylation is 1. The van der Waals surface area contributed by atoms with Gasteiger partial charge in [-0.3, -0.25) is 0 Å². The second-order valence-electron chi connectivity index (χ2n) is 6.76. The number of halogens is 1. The number of fused-ring (bicyclic) bond motifs is 1. The predicted molar refractivity (Wildman–Crippen MR) is 111 cm³/mol. The molecule has 2 heterocycles. The fourth-order valence-electron chi connectivity index (χ4n) is 3.03. The minimum Gasteiger partial charge on any atom is -0.492 e. The second-order valence-corrected chi connectivity index (χ2v) is 7.19. The Morgan fingerprint density at radius 3 is 2.86 bits per heavy atom. The zero-order valence-corrected chi connectivity index (χ0v) is 16.6. The molecule has 2 aromatic carbocycles. The summed E-state index contributed by atoms with van der Waals surface area (Å²) in [6.45, 7) is 3.34. The number of hydrogen-bond donors (Lipinski definition) is 2. The lowest BCUT2D eigenvalue weighted by molar-refractivity contribution is 0.172. The van der Waals surface area contributed by atoms with Crippen molar-refractivity contribution in [2.24, 2.45) is 0 Å². The van der Waals surface area contributed by atoms with Gasteiger partial charge in [0.2, 0.25) is 0 Å². The Balaban J connectivity index is 1.28. The molecule has 0 fully saturated rings. The summed E-state index contributed by atoms with van der Waals surface area (Å²) in [4.78, 5) is 0. The Hall–Kier alpha value is -2.80. The summed E-state index contributed by atoms with van der Waals surface area (Å²) < 4.78 is 16.7. The van der Waals surface area contributed by atoms with Crippen LogP contribution in [0.2, 0.25) is 5.02 Å². The molecule has 0 saturated heterocycles. The highest BCUT2D eigenvalue weighted by Gasteiger charge is 2.11. The number of nitrogens with one attached hydrogen (secondary N) is 1. The molecule has 0 aliphatic heterocycles. The first-order valence-electron chi connectivity index (χ1n) is 9.33. The summed E-state index contributed by atoms with van der Waals surface area (Å²) in [5.74, 6) is 2.14. The number of aromatic nitrogens is 1. The lowest BCUT2D eigenvalue weighted by Crippen LogP contribution is -2.26. The van der Waals surface area contributed by atoms with Crippen LogP contribution >= 0.6 is 11.6 Å². The molecule has 4 aromatic rings. The number of nitrogens with zero attached hydrogens (tertiary/aromatic N) is 1. The van der Waals surface area contributed by atoms with E-state index < -0.39 is 6.10 Å². The fraction of sp³-hybridized carbons (Fsp3) is 0.227. The van der Waals surface area contributed by atoms with E-state index in [4.69, 9.17) is 25.3 Å². The molecule has 1 atom stereocenters. The quantitative estimate of drug-likeness (QED) is 0.406. The van der Waals surface area contributed by atoms with Crippen LogP contribution in [0.1, 0.15) is 17.4 Å². The summed E-state index contributed by atoms with van der Waals surface area (Å²) in [6, 6.07) is 16.6. The Labute approximate surface area is 173 Å². The van der Waals surface area contributed by atoms with Gasteiger partial charge in [-0.2, -0.15) is 0 Å². The monoisotopic (exact) mass is 412 g/mol. The van der Waals surface area contributed by atoms with Crippen LogP contribution in [0.15, 0.2) is 63.5 Å². The minimum atomic E-state index is -0.616. The first kappa shape index (κ1) is 19.5. The number of rotatable bonds is 8. The number of aliphatic hydroxyl groups excluding tert-OH is 1. The van der Waals surface area contributed by atoms with Crippen LogP contribution in [-0.4, -0.2) is 30.0 Å². The smallest absolute Gasteiger partial charge is 0.157 e. The number of benzene rings is 2. The molecular weight excluding hydrogens is 392 g/mol. The molecule has 0 aliphatic carbocycles. The van der Waals surface area contributed by atoms with Crippen molar-refractivity contribution in [2.75, 3.05) is 19.7 Å². The number of aliphatic hydroxyl groups is 1. The number of hydrogen-bond acceptors (Lipinski definition) is 6. The van der Waals surface area contributed by atoms with Crippen LogP contribution < -0.4 is 10.1 Å². The Morgan fingerprint density at radius 1 is 1.17 bits per heavy atom. The largest absolute Gasteiger partial charge is 0.492 e. The summed E-state index contributed by atoms with van der Waals surface area (Å²) in [7, 11) is 0. The Morgan fingerprint density at radius 2 is 2.07 bits per heavy atom. The highest BCUT2D eigenvalue weighted by atomic mass is 35.5. The average molecular weight is 413 g/mol. The van der Waals surface area contributed by atoms with E-state index in [9.17, 15) is 5.11 Å². The molecule has 0 unspecified atom stereocenters. The van der Waals surface area contributed by atoms with Gasteiger partial charge in [0.05, 0.1) is 6.10 Å². The van der Waals surface area contributed by atoms with Crippen molar-refractivity contribution in [3.05, 3.63) is 70.9 Å². The standard InChI is InChI=1S/C22H21ClN2O4/c1-14-9-19(25-29-14)22-12-16-11-18(5-6-21(16)28-22)27-8-7-24-13-20(26)15-3-2-4-17(23)10-15/h2-6,9-12,20,24,26H,7-8,13H2,1H3/t20-/m0/s1. The Bertz CT molecular complexity index is 1110. The van der Waals surface area contributed by atoms with E-state index in [2.05, 4.69) is 10.5 Å². The van der Waals surface area contributed by atoms with Gasteiger partial charge in [-0.1, -0.05) is 28.9 Å². The SMILES string of the molecule is Cc1cc(-c2cc3cc(OCCNC[C@H](O)c4cccc(Cl)c4)ccc3o2)no1. The van der Waals surface area contributed by atoms with Crippen LogP contribution in [0, 0.1) is 6.92 Å². The minimum absolute atomic E-state index is 0.422. The first-order valence-corrected chi connectivity index (χ1v) is 9.70. The molecule has 6 nitrogen and oxygen atoms in total. The zero-order valence-electron chi connectivity index (χ0n) is 15.9. The predicted octanol–water partition coefficient (Wildman–Crippen LogP) is 4.75. The molecule has 0 amide bonds. The molecule has 0 bridgehead atoms. The van der Waals surface area contributed by atoms with Gasteiger partial charge >= 0.3 is 0 Å². The first-order chi connectivity index (χ1) is 14.1. The molecule has 2 aromatic heterocycles. The summed E-state index contributed by atoms with van der Waals surface area (Å²) in [5.41, 5.74) is 2.22. The zero-order chi connectivity index (χ0) is 20.2. The van der Waals surface area contributed by atoms with Crippen molar-refractivity contribution < 1.29 is 18.8 Å². The van der Waals surface area contributed by atoms with Crippen LogP contribution in [0.4, 0.5) is 0 Å². The molecule has 0 spiro atoms. The van der Waals surface area contributed by atoms with Crippen molar-refractivity contribution in [1.29, 1.82) is 0 Å². The van der Waals surface area contributed by atoms with Gasteiger partial charge in [0.15, 0.2) is 5.76 Å². The van der Waals surface area contributed by atoms with Gasteiger partial charge in [0, 0.05) is 29.6 Å². The van der Waals surface area contributed by atoms with E-state index in [1.807, 2.05) is 49.4 Å². The molecule has 150 valence electrons. The molecule has 0 aliphatic rings. The van der Waals surface area contributed by atoms with Crippen molar-refractivity contribution in [3.8, 4) is 17.2 Å². The van der Waals surface area contributed by atoms with Crippen LogP contribution in [0.25, 0.3) is 22.4 Å². The van der Waals surface area contributed by atoms with Gasteiger partial charge in [-0.15, -0.1) is 0 Å². The topological polar surface area (TPSA) is 80.7 Å². The molecule has 29 heavy (non-hydrogen) atoms. The molecule has 4 rings (SSSR count). The van der Waals surface area contributed by atoms with Crippen molar-refractivity contribution in [3.63, 3.8) is 0 Å². The summed E-state index contributed by atoms with van der Waals surface area (Å²) in [5, 5.41) is 18.9. The number of furan rings is 1. The highest BCUT2D eigenvalue weighted by Crippen LogP contribution is 2.30. The van der Waals surface area contributed by atoms with Gasteiger partial charge in [-0.05, 0) is 48.9 Å². The van der Waals surface area contributed by atoms with Crippen LogP contribution in [0.3, 0.4) is 0 Å². The van der Waals surface area contributed by atoms with Gasteiger partial charge in [-0.25, -0.2) is 0 Å². The maximum Gasteiger partial charge on any atom is 0.157 e. The van der Waals surface area contributed by atoms with E-state index in [0.29, 0.717) is 36.2 Å².